The van der Waals surface area contributed by atoms with Gasteiger partial charge in [-0.25, -0.2) is 0 Å². The molecule has 0 spiro atoms. The highest BCUT2D eigenvalue weighted by Gasteiger charge is 2.00. The van der Waals surface area contributed by atoms with E-state index in [1.165, 1.54) is 5.56 Å². The average Bonchev–Trinajstić information content (AvgIpc) is 2.49. The molecule has 0 fully saturated rings. The molecule has 0 amide bonds. The van der Waals surface area contributed by atoms with E-state index in [0.717, 1.165) is 11.3 Å². The van der Waals surface area contributed by atoms with Gasteiger partial charge in [-0.3, -0.25) is 10.4 Å². The smallest absolute Gasteiger partial charge is 0.191 e. The monoisotopic (exact) mass is 298 g/mol. The molecule has 0 aliphatic carbocycles. The summed E-state index contributed by atoms with van der Waals surface area (Å²) in [5, 5.41) is 7.62. The van der Waals surface area contributed by atoms with Crippen LogP contribution in [0.3, 0.4) is 0 Å². The van der Waals surface area contributed by atoms with Crippen molar-refractivity contribution in [1.29, 1.82) is 0 Å². The SMILES string of the molecule is CC(C)c1ccc(NC(=S)N/N=C/c2ccncc2)cc1. The minimum atomic E-state index is 0.456. The summed E-state index contributed by atoms with van der Waals surface area (Å²) < 4.78 is 0. The number of hydrogen-bond acceptors (Lipinski definition) is 3. The normalized spacial score (nSPS) is 10.8. The zero-order valence-electron chi connectivity index (χ0n) is 12.1. The van der Waals surface area contributed by atoms with Gasteiger partial charge < -0.3 is 5.32 Å². The first-order chi connectivity index (χ1) is 10.1. The average molecular weight is 298 g/mol. The Morgan fingerprint density at radius 3 is 2.43 bits per heavy atom. The van der Waals surface area contributed by atoms with Gasteiger partial charge in [0.1, 0.15) is 0 Å². The molecule has 108 valence electrons. The van der Waals surface area contributed by atoms with E-state index >= 15 is 0 Å². The first-order valence-electron chi connectivity index (χ1n) is 6.75. The van der Waals surface area contributed by atoms with Crippen molar-refractivity contribution >= 4 is 29.2 Å². The van der Waals surface area contributed by atoms with Crippen LogP contribution in [0.25, 0.3) is 0 Å². The molecule has 0 aliphatic heterocycles. The first-order valence-corrected chi connectivity index (χ1v) is 7.16. The minimum absolute atomic E-state index is 0.456. The lowest BCUT2D eigenvalue weighted by Crippen LogP contribution is -2.23. The van der Waals surface area contributed by atoms with E-state index in [9.17, 15) is 0 Å². The number of aromatic nitrogens is 1. The molecule has 5 heteroatoms. The molecular weight excluding hydrogens is 280 g/mol. The number of pyridine rings is 1. The van der Waals surface area contributed by atoms with Crippen molar-refractivity contribution in [1.82, 2.24) is 10.4 Å². The number of nitrogens with one attached hydrogen (secondary N) is 2. The highest BCUT2D eigenvalue weighted by atomic mass is 32.1. The lowest BCUT2D eigenvalue weighted by molar-refractivity contribution is 0.867. The summed E-state index contributed by atoms with van der Waals surface area (Å²) in [6.45, 7) is 4.34. The van der Waals surface area contributed by atoms with Crippen LogP contribution in [0.5, 0.6) is 0 Å². The number of rotatable bonds is 4. The lowest BCUT2D eigenvalue weighted by atomic mass is 10.0. The van der Waals surface area contributed by atoms with E-state index in [1.807, 2.05) is 24.3 Å². The van der Waals surface area contributed by atoms with Crippen LogP contribution in [-0.4, -0.2) is 16.3 Å². The second-order valence-electron chi connectivity index (χ2n) is 4.88. The Bertz CT molecular complexity index is 606. The van der Waals surface area contributed by atoms with Crippen LogP contribution in [0.1, 0.15) is 30.9 Å². The zero-order chi connectivity index (χ0) is 15.1. The van der Waals surface area contributed by atoms with Crippen LogP contribution in [-0.2, 0) is 0 Å². The molecule has 1 aromatic heterocycles. The fourth-order valence-electron chi connectivity index (χ4n) is 1.73. The molecule has 2 aromatic rings. The van der Waals surface area contributed by atoms with Gasteiger partial charge in [-0.1, -0.05) is 26.0 Å². The van der Waals surface area contributed by atoms with Gasteiger partial charge in [0.25, 0.3) is 0 Å². The number of nitrogens with zero attached hydrogens (tertiary/aromatic N) is 2. The molecule has 4 nitrogen and oxygen atoms in total. The van der Waals surface area contributed by atoms with Gasteiger partial charge in [0.2, 0.25) is 0 Å². The maximum atomic E-state index is 5.19. The Morgan fingerprint density at radius 2 is 1.81 bits per heavy atom. The topological polar surface area (TPSA) is 49.3 Å². The van der Waals surface area contributed by atoms with E-state index < -0.39 is 0 Å². The highest BCUT2D eigenvalue weighted by molar-refractivity contribution is 7.80. The van der Waals surface area contributed by atoms with Gasteiger partial charge in [0.15, 0.2) is 5.11 Å². The molecule has 0 unspecified atom stereocenters. The largest absolute Gasteiger partial charge is 0.331 e. The Hall–Kier alpha value is -2.27. The predicted octanol–water partition coefficient (Wildman–Crippen LogP) is 3.53. The van der Waals surface area contributed by atoms with Crippen molar-refractivity contribution in [3.05, 3.63) is 59.9 Å². The summed E-state index contributed by atoms with van der Waals surface area (Å²) >= 11 is 5.19. The number of thiocarbonyl (C=S) groups is 1. The standard InChI is InChI=1S/C16H18N4S/c1-12(2)14-3-5-15(6-4-14)19-16(21)20-18-11-13-7-9-17-10-8-13/h3-12H,1-2H3,(H2,19,20,21)/b18-11+. The van der Waals surface area contributed by atoms with E-state index in [-0.39, 0.29) is 0 Å². The molecule has 0 radical (unpaired) electrons. The molecule has 1 heterocycles. The predicted molar refractivity (Wildman–Crippen MR) is 91.7 cm³/mol. The Morgan fingerprint density at radius 1 is 1.14 bits per heavy atom. The van der Waals surface area contributed by atoms with Crippen LogP contribution in [0, 0.1) is 0 Å². The summed E-state index contributed by atoms with van der Waals surface area (Å²) in [5.41, 5.74) is 5.99. The van der Waals surface area contributed by atoms with Gasteiger partial charge in [0.05, 0.1) is 6.21 Å². The fourth-order valence-corrected chi connectivity index (χ4v) is 1.90. The van der Waals surface area contributed by atoms with Crippen molar-refractivity contribution in [2.75, 3.05) is 5.32 Å². The molecule has 0 atom stereocenters. The molecule has 21 heavy (non-hydrogen) atoms. The number of hydrogen-bond donors (Lipinski definition) is 2. The molecule has 0 aliphatic rings. The number of hydrazone groups is 1. The summed E-state index contributed by atoms with van der Waals surface area (Å²) in [7, 11) is 0. The lowest BCUT2D eigenvalue weighted by Gasteiger charge is -2.09. The van der Waals surface area contributed by atoms with Crippen LogP contribution in [0.2, 0.25) is 0 Å². The van der Waals surface area contributed by atoms with Gasteiger partial charge >= 0.3 is 0 Å². The highest BCUT2D eigenvalue weighted by Crippen LogP contribution is 2.16. The van der Waals surface area contributed by atoms with Gasteiger partial charge in [0, 0.05) is 18.1 Å². The second-order valence-corrected chi connectivity index (χ2v) is 5.29. The van der Waals surface area contributed by atoms with Crippen LogP contribution >= 0.6 is 12.2 Å². The minimum Gasteiger partial charge on any atom is -0.331 e. The Labute approximate surface area is 130 Å². The van der Waals surface area contributed by atoms with Crippen LogP contribution in [0.4, 0.5) is 5.69 Å². The number of benzene rings is 1. The van der Waals surface area contributed by atoms with E-state index in [2.05, 4.69) is 46.8 Å². The van der Waals surface area contributed by atoms with Gasteiger partial charge in [-0.05, 0) is 53.5 Å². The third-order valence-corrected chi connectivity index (χ3v) is 3.11. The summed E-state index contributed by atoms with van der Waals surface area (Å²) in [5.74, 6) is 0.522. The van der Waals surface area contributed by atoms with Crippen molar-refractivity contribution in [2.45, 2.75) is 19.8 Å². The van der Waals surface area contributed by atoms with Gasteiger partial charge in [-0.15, -0.1) is 0 Å². The van der Waals surface area contributed by atoms with Crippen molar-refractivity contribution in [2.24, 2.45) is 5.10 Å². The molecule has 0 saturated heterocycles. The van der Waals surface area contributed by atoms with Crippen molar-refractivity contribution in [3.63, 3.8) is 0 Å². The third-order valence-electron chi connectivity index (χ3n) is 2.92. The molecular formula is C16H18N4S. The van der Waals surface area contributed by atoms with Crippen LogP contribution in [0.15, 0.2) is 53.9 Å². The van der Waals surface area contributed by atoms with Gasteiger partial charge in [-0.2, -0.15) is 5.10 Å². The van der Waals surface area contributed by atoms with Crippen molar-refractivity contribution in [3.8, 4) is 0 Å². The van der Waals surface area contributed by atoms with E-state index in [4.69, 9.17) is 12.2 Å². The zero-order valence-corrected chi connectivity index (χ0v) is 12.9. The van der Waals surface area contributed by atoms with E-state index in [0.29, 0.717) is 11.0 Å². The fraction of sp³-hybridized carbons (Fsp3) is 0.188. The summed E-state index contributed by atoms with van der Waals surface area (Å²) in [6.07, 6.45) is 5.12. The Balaban J connectivity index is 1.85. The van der Waals surface area contributed by atoms with Crippen LogP contribution < -0.4 is 10.7 Å². The second kappa shape index (κ2) is 7.50. The first kappa shape index (κ1) is 15.1. The number of anilines is 1. The Kier molecular flexibility index (Phi) is 5.40. The van der Waals surface area contributed by atoms with Crippen molar-refractivity contribution < 1.29 is 0 Å². The molecule has 1 aromatic carbocycles. The molecule has 2 N–H and O–H groups in total. The molecule has 2 rings (SSSR count). The summed E-state index contributed by atoms with van der Waals surface area (Å²) in [4.78, 5) is 3.94. The quantitative estimate of drug-likeness (QED) is 0.515. The summed E-state index contributed by atoms with van der Waals surface area (Å²) in [6, 6.07) is 11.9. The maximum absolute atomic E-state index is 5.19. The molecule has 0 bridgehead atoms. The van der Waals surface area contributed by atoms with E-state index in [1.54, 1.807) is 18.6 Å². The molecule has 0 saturated carbocycles. The third kappa shape index (κ3) is 4.96. The maximum Gasteiger partial charge on any atom is 0.191 e.